The molecule has 0 spiro atoms. The Morgan fingerprint density at radius 3 is 2.17 bits per heavy atom. The van der Waals surface area contributed by atoms with E-state index in [4.69, 9.17) is 0 Å². The van der Waals surface area contributed by atoms with Gasteiger partial charge in [0.05, 0.1) is 17.4 Å². The zero-order valence-corrected chi connectivity index (χ0v) is 16.4. The fraction of sp³-hybridized carbons (Fsp3) is 0.200. The standard InChI is InChI=1S/C25H25N3O/c29-25(26-16-9-17-28-19-27-23-14-7-8-15-24(23)28)18-22(20-10-3-1-4-11-20)21-12-5-2-6-13-21/h1-8,10-15,19,22H,9,16-18H2,(H,26,29). The molecule has 29 heavy (non-hydrogen) atoms. The van der Waals surface area contributed by atoms with Crippen LogP contribution in [-0.2, 0) is 11.3 Å². The van der Waals surface area contributed by atoms with E-state index in [2.05, 4.69) is 45.2 Å². The molecule has 0 aliphatic rings. The number of nitrogens with one attached hydrogen (secondary N) is 1. The first-order valence-corrected chi connectivity index (χ1v) is 10.1. The summed E-state index contributed by atoms with van der Waals surface area (Å²) >= 11 is 0. The molecule has 0 saturated heterocycles. The van der Waals surface area contributed by atoms with E-state index in [1.165, 1.54) is 11.1 Å². The van der Waals surface area contributed by atoms with Crippen LogP contribution < -0.4 is 5.32 Å². The van der Waals surface area contributed by atoms with Gasteiger partial charge in [-0.15, -0.1) is 0 Å². The minimum atomic E-state index is 0.0648. The lowest BCUT2D eigenvalue weighted by atomic mass is 9.88. The topological polar surface area (TPSA) is 46.9 Å². The number of nitrogens with zero attached hydrogens (tertiary/aromatic N) is 2. The highest BCUT2D eigenvalue weighted by Crippen LogP contribution is 2.27. The Labute approximate surface area is 171 Å². The maximum Gasteiger partial charge on any atom is 0.220 e. The molecule has 0 atom stereocenters. The molecule has 4 aromatic rings. The molecule has 3 aromatic carbocycles. The van der Waals surface area contributed by atoms with Crippen LogP contribution in [0.5, 0.6) is 0 Å². The van der Waals surface area contributed by atoms with Gasteiger partial charge >= 0.3 is 0 Å². The summed E-state index contributed by atoms with van der Waals surface area (Å²) in [5.41, 5.74) is 4.47. The van der Waals surface area contributed by atoms with Crippen LogP contribution in [0.2, 0.25) is 0 Å². The van der Waals surface area contributed by atoms with Gasteiger partial charge in [-0.25, -0.2) is 4.98 Å². The maximum absolute atomic E-state index is 12.6. The number of imidazole rings is 1. The van der Waals surface area contributed by atoms with Crippen LogP contribution in [0, 0.1) is 0 Å². The van der Waals surface area contributed by atoms with Crippen molar-refractivity contribution in [2.45, 2.75) is 25.3 Å². The van der Waals surface area contributed by atoms with Crippen LogP contribution in [0.3, 0.4) is 0 Å². The smallest absolute Gasteiger partial charge is 0.220 e. The Kier molecular flexibility index (Phi) is 6.01. The predicted molar refractivity (Wildman–Crippen MR) is 117 cm³/mol. The third-order valence-corrected chi connectivity index (χ3v) is 5.22. The summed E-state index contributed by atoms with van der Waals surface area (Å²) in [6, 6.07) is 28.6. The Bertz CT molecular complexity index is 1020. The van der Waals surface area contributed by atoms with E-state index in [0.29, 0.717) is 13.0 Å². The van der Waals surface area contributed by atoms with Crippen molar-refractivity contribution in [3.05, 3.63) is 102 Å². The normalized spacial score (nSPS) is 11.1. The van der Waals surface area contributed by atoms with Crippen molar-refractivity contribution in [3.8, 4) is 0 Å². The third kappa shape index (κ3) is 4.72. The van der Waals surface area contributed by atoms with Crippen LogP contribution in [0.1, 0.15) is 29.9 Å². The summed E-state index contributed by atoms with van der Waals surface area (Å²) in [7, 11) is 0. The number of aromatic nitrogens is 2. The quantitative estimate of drug-likeness (QED) is 0.446. The molecule has 0 aliphatic heterocycles. The highest BCUT2D eigenvalue weighted by molar-refractivity contribution is 5.77. The van der Waals surface area contributed by atoms with E-state index in [9.17, 15) is 4.79 Å². The van der Waals surface area contributed by atoms with Crippen LogP contribution >= 0.6 is 0 Å². The number of benzene rings is 3. The number of hydrogen-bond acceptors (Lipinski definition) is 2. The Morgan fingerprint density at radius 2 is 1.48 bits per heavy atom. The van der Waals surface area contributed by atoms with Crippen molar-refractivity contribution in [2.24, 2.45) is 0 Å². The first-order chi connectivity index (χ1) is 14.3. The Hall–Kier alpha value is -3.40. The first-order valence-electron chi connectivity index (χ1n) is 10.1. The average Bonchev–Trinajstić information content (AvgIpc) is 3.19. The summed E-state index contributed by atoms with van der Waals surface area (Å²) in [6.07, 6.45) is 3.18. The highest BCUT2D eigenvalue weighted by atomic mass is 16.1. The van der Waals surface area contributed by atoms with Crippen molar-refractivity contribution >= 4 is 16.9 Å². The van der Waals surface area contributed by atoms with Crippen molar-refractivity contribution in [2.75, 3.05) is 6.54 Å². The van der Waals surface area contributed by atoms with Gasteiger partial charge in [-0.2, -0.15) is 0 Å². The van der Waals surface area contributed by atoms with Crippen LogP contribution in [0.4, 0.5) is 0 Å². The molecule has 146 valence electrons. The van der Waals surface area contributed by atoms with E-state index in [0.717, 1.165) is 24.0 Å². The van der Waals surface area contributed by atoms with Crippen LogP contribution in [0.25, 0.3) is 11.0 Å². The van der Waals surface area contributed by atoms with E-state index >= 15 is 0 Å². The molecular weight excluding hydrogens is 358 g/mol. The number of carbonyl (C=O) groups is 1. The molecular formula is C25H25N3O. The molecule has 4 rings (SSSR count). The molecule has 1 aromatic heterocycles. The summed E-state index contributed by atoms with van der Waals surface area (Å²) in [5.74, 6) is 0.146. The number of rotatable bonds is 8. The molecule has 1 heterocycles. The van der Waals surface area contributed by atoms with Crippen molar-refractivity contribution < 1.29 is 4.79 Å². The minimum Gasteiger partial charge on any atom is -0.356 e. The second-order valence-electron chi connectivity index (χ2n) is 7.21. The second-order valence-corrected chi connectivity index (χ2v) is 7.21. The molecule has 1 N–H and O–H groups in total. The Morgan fingerprint density at radius 1 is 0.862 bits per heavy atom. The number of carbonyl (C=O) groups excluding carboxylic acids is 1. The second kappa shape index (κ2) is 9.20. The van der Waals surface area contributed by atoms with Gasteiger partial charge in [0.1, 0.15) is 0 Å². The van der Waals surface area contributed by atoms with Gasteiger partial charge in [0.2, 0.25) is 5.91 Å². The van der Waals surface area contributed by atoms with E-state index in [1.54, 1.807) is 0 Å². The summed E-state index contributed by atoms with van der Waals surface area (Å²) in [5, 5.41) is 3.09. The van der Waals surface area contributed by atoms with Gasteiger partial charge in [0.15, 0.2) is 0 Å². The molecule has 1 amide bonds. The van der Waals surface area contributed by atoms with E-state index in [-0.39, 0.29) is 11.8 Å². The van der Waals surface area contributed by atoms with Gasteiger partial charge in [0, 0.05) is 25.4 Å². The van der Waals surface area contributed by atoms with Crippen molar-refractivity contribution in [1.82, 2.24) is 14.9 Å². The number of amides is 1. The molecule has 0 aliphatic carbocycles. The van der Waals surface area contributed by atoms with Gasteiger partial charge < -0.3 is 9.88 Å². The van der Waals surface area contributed by atoms with Crippen molar-refractivity contribution in [1.29, 1.82) is 0 Å². The van der Waals surface area contributed by atoms with Crippen LogP contribution in [-0.4, -0.2) is 22.0 Å². The molecule has 0 radical (unpaired) electrons. The zero-order chi connectivity index (χ0) is 19.9. The molecule has 4 nitrogen and oxygen atoms in total. The summed E-state index contributed by atoms with van der Waals surface area (Å²) in [4.78, 5) is 17.1. The van der Waals surface area contributed by atoms with Crippen molar-refractivity contribution in [3.63, 3.8) is 0 Å². The minimum absolute atomic E-state index is 0.0648. The average molecular weight is 383 g/mol. The molecule has 0 bridgehead atoms. The van der Waals surface area contributed by atoms with Gasteiger partial charge in [-0.05, 0) is 29.7 Å². The largest absolute Gasteiger partial charge is 0.356 e. The molecule has 4 heteroatoms. The number of hydrogen-bond donors (Lipinski definition) is 1. The predicted octanol–water partition coefficient (Wildman–Crippen LogP) is 4.76. The lowest BCUT2D eigenvalue weighted by molar-refractivity contribution is -0.121. The number of aryl methyl sites for hydroxylation is 1. The third-order valence-electron chi connectivity index (χ3n) is 5.22. The zero-order valence-electron chi connectivity index (χ0n) is 16.4. The Balaban J connectivity index is 1.34. The lowest BCUT2D eigenvalue weighted by Crippen LogP contribution is -2.27. The maximum atomic E-state index is 12.6. The monoisotopic (exact) mass is 383 g/mol. The molecule has 0 fully saturated rings. The highest BCUT2D eigenvalue weighted by Gasteiger charge is 2.17. The number of para-hydroxylation sites is 2. The fourth-order valence-electron chi connectivity index (χ4n) is 3.72. The SMILES string of the molecule is O=C(CC(c1ccccc1)c1ccccc1)NCCCn1cnc2ccccc21. The summed E-state index contributed by atoms with van der Waals surface area (Å²) in [6.45, 7) is 1.49. The lowest BCUT2D eigenvalue weighted by Gasteiger charge is -2.18. The van der Waals surface area contributed by atoms with Crippen LogP contribution in [0.15, 0.2) is 91.3 Å². The number of fused-ring (bicyclic) bond motifs is 1. The van der Waals surface area contributed by atoms with Gasteiger partial charge in [-0.3, -0.25) is 4.79 Å². The van der Waals surface area contributed by atoms with E-state index in [1.807, 2.05) is 60.9 Å². The molecule has 0 unspecified atom stereocenters. The van der Waals surface area contributed by atoms with Gasteiger partial charge in [0.25, 0.3) is 0 Å². The first kappa shape index (κ1) is 18.9. The summed E-state index contributed by atoms with van der Waals surface area (Å²) < 4.78 is 2.14. The molecule has 0 saturated carbocycles. The van der Waals surface area contributed by atoms with E-state index < -0.39 is 0 Å². The fourth-order valence-corrected chi connectivity index (χ4v) is 3.72. The van der Waals surface area contributed by atoms with Gasteiger partial charge in [-0.1, -0.05) is 72.8 Å².